The van der Waals surface area contributed by atoms with Crippen molar-refractivity contribution in [2.75, 3.05) is 38.3 Å². The summed E-state index contributed by atoms with van der Waals surface area (Å²) in [6.45, 7) is 11.0. The first-order valence-corrected chi connectivity index (χ1v) is 10.7. The normalized spacial score (nSPS) is 14.2. The van der Waals surface area contributed by atoms with Gasteiger partial charge in [0.2, 0.25) is 0 Å². The van der Waals surface area contributed by atoms with Crippen molar-refractivity contribution in [1.82, 2.24) is 10.6 Å². The summed E-state index contributed by atoms with van der Waals surface area (Å²) in [7, 11) is 1.79. The number of ether oxygens (including phenoxy) is 2. The van der Waals surface area contributed by atoms with E-state index in [0.717, 1.165) is 43.6 Å². The summed E-state index contributed by atoms with van der Waals surface area (Å²) in [6.07, 6.45) is 0.142. The van der Waals surface area contributed by atoms with Gasteiger partial charge in [0.15, 0.2) is 5.96 Å². The number of morpholine rings is 1. The molecule has 0 saturated carbocycles. The number of nitrogens with zero attached hydrogens (tertiary/aromatic N) is 2. The molecule has 0 aromatic heterocycles. The van der Waals surface area contributed by atoms with Crippen LogP contribution in [-0.2, 0) is 17.8 Å². The number of hydrogen-bond donors (Lipinski definition) is 2. The lowest BCUT2D eigenvalue weighted by Crippen LogP contribution is -2.37. The molecule has 0 bridgehead atoms. The average molecular weight is 538 g/mol. The molecular formula is C24H35IN4O2. The highest BCUT2D eigenvalue weighted by atomic mass is 127. The molecule has 2 N–H and O–H groups in total. The van der Waals surface area contributed by atoms with E-state index in [1.807, 2.05) is 13.8 Å². The van der Waals surface area contributed by atoms with E-state index in [2.05, 4.69) is 69.9 Å². The third-order valence-corrected chi connectivity index (χ3v) is 5.03. The molecule has 7 heteroatoms. The van der Waals surface area contributed by atoms with Crippen LogP contribution in [0.15, 0.2) is 47.5 Å². The number of hydrogen-bond acceptors (Lipinski definition) is 4. The fourth-order valence-corrected chi connectivity index (χ4v) is 3.40. The maximum atomic E-state index is 5.97. The van der Waals surface area contributed by atoms with E-state index in [1.54, 1.807) is 7.05 Å². The molecule has 0 atom stereocenters. The fraction of sp³-hybridized carbons (Fsp3) is 0.458. The highest BCUT2D eigenvalue weighted by molar-refractivity contribution is 14.0. The Balaban J connectivity index is 0.00000341. The molecule has 3 rings (SSSR count). The number of halogens is 1. The lowest BCUT2D eigenvalue weighted by atomic mass is 10.1. The predicted molar refractivity (Wildman–Crippen MR) is 139 cm³/mol. The second-order valence-electron chi connectivity index (χ2n) is 7.82. The van der Waals surface area contributed by atoms with Gasteiger partial charge in [-0.05, 0) is 50.1 Å². The minimum absolute atomic E-state index is 0. The molecule has 0 unspecified atom stereocenters. The van der Waals surface area contributed by atoms with Crippen LogP contribution >= 0.6 is 24.0 Å². The number of nitrogens with one attached hydrogen (secondary N) is 2. The molecule has 170 valence electrons. The zero-order chi connectivity index (χ0) is 21.3. The molecule has 31 heavy (non-hydrogen) atoms. The van der Waals surface area contributed by atoms with Crippen molar-refractivity contribution in [3.05, 3.63) is 59.2 Å². The van der Waals surface area contributed by atoms with Crippen LogP contribution in [-0.4, -0.2) is 45.4 Å². The number of aryl methyl sites for hydroxylation is 1. The van der Waals surface area contributed by atoms with E-state index in [-0.39, 0.29) is 30.1 Å². The minimum Gasteiger partial charge on any atom is -0.491 e. The summed E-state index contributed by atoms with van der Waals surface area (Å²) >= 11 is 0. The molecule has 1 aliphatic heterocycles. The van der Waals surface area contributed by atoms with Crippen molar-refractivity contribution in [1.29, 1.82) is 0 Å². The Hall–Kier alpha value is -2.00. The standard InChI is InChI=1S/C24H34N4O2.HI/c1-18(2)30-23-15-19(3)5-8-21(23)17-27-24(25-4)26-16-20-6-9-22(10-7-20)28-11-13-29-14-12-28;/h5-10,15,18H,11-14,16-17H2,1-4H3,(H2,25,26,27);1H. The van der Waals surface area contributed by atoms with Gasteiger partial charge in [-0.3, -0.25) is 4.99 Å². The second kappa shape index (κ2) is 12.8. The summed E-state index contributed by atoms with van der Waals surface area (Å²) < 4.78 is 11.4. The molecule has 2 aromatic carbocycles. The Morgan fingerprint density at radius 1 is 1.06 bits per heavy atom. The molecule has 0 radical (unpaired) electrons. The smallest absolute Gasteiger partial charge is 0.191 e. The van der Waals surface area contributed by atoms with Crippen LogP contribution in [0.25, 0.3) is 0 Å². The summed E-state index contributed by atoms with van der Waals surface area (Å²) in [5, 5.41) is 6.78. The van der Waals surface area contributed by atoms with Gasteiger partial charge in [-0.25, -0.2) is 0 Å². The van der Waals surface area contributed by atoms with Gasteiger partial charge in [0.25, 0.3) is 0 Å². The van der Waals surface area contributed by atoms with Gasteiger partial charge in [-0.2, -0.15) is 0 Å². The van der Waals surface area contributed by atoms with Crippen LogP contribution in [0.2, 0.25) is 0 Å². The van der Waals surface area contributed by atoms with Crippen LogP contribution in [0.4, 0.5) is 5.69 Å². The Labute approximate surface area is 203 Å². The second-order valence-corrected chi connectivity index (χ2v) is 7.82. The largest absolute Gasteiger partial charge is 0.491 e. The molecule has 1 aliphatic rings. The Kier molecular flexibility index (Phi) is 10.4. The number of benzene rings is 2. The van der Waals surface area contributed by atoms with E-state index >= 15 is 0 Å². The Morgan fingerprint density at radius 2 is 1.74 bits per heavy atom. The summed E-state index contributed by atoms with van der Waals surface area (Å²) in [4.78, 5) is 6.71. The maximum absolute atomic E-state index is 5.97. The predicted octanol–water partition coefficient (Wildman–Crippen LogP) is 4.10. The summed E-state index contributed by atoms with van der Waals surface area (Å²) in [6, 6.07) is 15.0. The van der Waals surface area contributed by atoms with Gasteiger partial charge in [0.1, 0.15) is 5.75 Å². The van der Waals surface area contributed by atoms with Crippen molar-refractivity contribution in [3.8, 4) is 5.75 Å². The molecule has 1 heterocycles. The van der Waals surface area contributed by atoms with Gasteiger partial charge < -0.3 is 25.0 Å². The van der Waals surface area contributed by atoms with Gasteiger partial charge >= 0.3 is 0 Å². The molecule has 0 spiro atoms. The third kappa shape index (κ3) is 7.88. The summed E-state index contributed by atoms with van der Waals surface area (Å²) in [5.41, 5.74) is 4.78. The molecule has 0 aliphatic carbocycles. The lowest BCUT2D eigenvalue weighted by Gasteiger charge is -2.29. The first-order chi connectivity index (χ1) is 14.5. The van der Waals surface area contributed by atoms with Crippen molar-refractivity contribution in [2.24, 2.45) is 4.99 Å². The highest BCUT2D eigenvalue weighted by Gasteiger charge is 2.11. The molecule has 0 amide bonds. The number of guanidine groups is 1. The fourth-order valence-electron chi connectivity index (χ4n) is 3.40. The number of aliphatic imine (C=N–C) groups is 1. The zero-order valence-electron chi connectivity index (χ0n) is 19.0. The number of anilines is 1. The molecular weight excluding hydrogens is 503 g/mol. The van der Waals surface area contributed by atoms with Gasteiger partial charge in [0.05, 0.1) is 19.3 Å². The molecule has 1 saturated heterocycles. The maximum Gasteiger partial charge on any atom is 0.191 e. The first-order valence-electron chi connectivity index (χ1n) is 10.7. The molecule has 2 aromatic rings. The van der Waals surface area contributed by atoms with Crippen LogP contribution in [0.3, 0.4) is 0 Å². The van der Waals surface area contributed by atoms with E-state index in [0.29, 0.717) is 13.1 Å². The van der Waals surface area contributed by atoms with Crippen LogP contribution in [0, 0.1) is 6.92 Å². The third-order valence-electron chi connectivity index (χ3n) is 5.03. The van der Waals surface area contributed by atoms with E-state index in [4.69, 9.17) is 9.47 Å². The first kappa shape index (κ1) is 25.3. The summed E-state index contributed by atoms with van der Waals surface area (Å²) in [5.74, 6) is 1.69. The van der Waals surface area contributed by atoms with Crippen LogP contribution in [0.1, 0.15) is 30.5 Å². The monoisotopic (exact) mass is 538 g/mol. The van der Waals surface area contributed by atoms with Gasteiger partial charge in [-0.1, -0.05) is 24.3 Å². The quantitative estimate of drug-likeness (QED) is 0.316. The Bertz CT molecular complexity index is 834. The number of rotatable bonds is 7. The topological polar surface area (TPSA) is 58.1 Å². The van der Waals surface area contributed by atoms with E-state index in [1.165, 1.54) is 16.8 Å². The highest BCUT2D eigenvalue weighted by Crippen LogP contribution is 2.21. The van der Waals surface area contributed by atoms with Gasteiger partial charge in [0, 0.05) is 44.5 Å². The average Bonchev–Trinajstić information content (AvgIpc) is 2.75. The van der Waals surface area contributed by atoms with Crippen LogP contribution in [0.5, 0.6) is 5.75 Å². The minimum atomic E-state index is 0. The van der Waals surface area contributed by atoms with E-state index in [9.17, 15) is 0 Å². The van der Waals surface area contributed by atoms with Crippen molar-refractivity contribution >= 4 is 35.6 Å². The SMILES string of the molecule is CN=C(NCc1ccc(N2CCOCC2)cc1)NCc1ccc(C)cc1OC(C)C.I. The molecule has 6 nitrogen and oxygen atoms in total. The Morgan fingerprint density at radius 3 is 2.39 bits per heavy atom. The zero-order valence-corrected chi connectivity index (χ0v) is 21.3. The lowest BCUT2D eigenvalue weighted by molar-refractivity contribution is 0.122. The van der Waals surface area contributed by atoms with Crippen LogP contribution < -0.4 is 20.3 Å². The van der Waals surface area contributed by atoms with Crippen molar-refractivity contribution in [2.45, 2.75) is 40.0 Å². The van der Waals surface area contributed by atoms with Crippen molar-refractivity contribution in [3.63, 3.8) is 0 Å². The van der Waals surface area contributed by atoms with E-state index < -0.39 is 0 Å². The van der Waals surface area contributed by atoms with Gasteiger partial charge in [-0.15, -0.1) is 24.0 Å². The molecule has 1 fully saturated rings. The van der Waals surface area contributed by atoms with Crippen molar-refractivity contribution < 1.29 is 9.47 Å².